The van der Waals surface area contributed by atoms with E-state index in [-0.39, 0.29) is 23.1 Å². The molecule has 0 fully saturated rings. The van der Waals surface area contributed by atoms with Gasteiger partial charge in [-0.3, -0.25) is 4.79 Å². The molecule has 0 saturated heterocycles. The maximum atomic E-state index is 13.8. The monoisotopic (exact) mass is 411 g/mol. The summed E-state index contributed by atoms with van der Waals surface area (Å²) in [5.41, 5.74) is 2.08. The highest BCUT2D eigenvalue weighted by Crippen LogP contribution is 2.49. The van der Waals surface area contributed by atoms with Gasteiger partial charge in [0, 0.05) is 22.8 Å². The quantitative estimate of drug-likeness (QED) is 0.611. The molecule has 1 atom stereocenters. The van der Waals surface area contributed by atoms with Crippen molar-refractivity contribution in [3.8, 4) is 16.9 Å². The summed E-state index contributed by atoms with van der Waals surface area (Å²) in [5, 5.41) is 12.6. The molecular weight excluding hydrogens is 393 g/mol. The summed E-state index contributed by atoms with van der Waals surface area (Å²) >= 11 is 1.12. The van der Waals surface area contributed by atoms with Gasteiger partial charge in [-0.25, -0.2) is 9.18 Å². The third-order valence-corrected chi connectivity index (χ3v) is 6.08. The van der Waals surface area contributed by atoms with Crippen LogP contribution in [0.4, 0.5) is 10.1 Å². The van der Waals surface area contributed by atoms with Crippen LogP contribution < -0.4 is 10.1 Å². The Labute approximate surface area is 170 Å². The molecule has 2 N–H and O–H groups in total. The maximum absolute atomic E-state index is 13.8. The zero-order valence-electron chi connectivity index (χ0n) is 15.6. The summed E-state index contributed by atoms with van der Waals surface area (Å²) in [6.07, 6.45) is 0.199. The molecule has 1 unspecified atom stereocenters. The topological polar surface area (TPSA) is 75.6 Å². The van der Waals surface area contributed by atoms with Gasteiger partial charge >= 0.3 is 5.97 Å². The summed E-state index contributed by atoms with van der Waals surface area (Å²) in [6, 6.07) is 13.2. The molecule has 0 saturated carbocycles. The second kappa shape index (κ2) is 7.67. The number of nitrogens with one attached hydrogen (secondary N) is 1. The smallest absolute Gasteiger partial charge is 0.346 e. The van der Waals surface area contributed by atoms with E-state index in [9.17, 15) is 19.1 Å². The lowest BCUT2D eigenvalue weighted by atomic mass is 9.88. The Morgan fingerprint density at radius 2 is 2.07 bits per heavy atom. The number of carboxylic acid groups (broad SMARTS) is 1. The highest BCUT2D eigenvalue weighted by molar-refractivity contribution is 7.15. The van der Waals surface area contributed by atoms with Gasteiger partial charge < -0.3 is 15.2 Å². The fourth-order valence-electron chi connectivity index (χ4n) is 3.61. The Hall–Kier alpha value is -3.19. The Bertz CT molecular complexity index is 1110. The van der Waals surface area contributed by atoms with Crippen LogP contribution in [-0.4, -0.2) is 23.6 Å². The molecule has 29 heavy (non-hydrogen) atoms. The summed E-state index contributed by atoms with van der Waals surface area (Å²) in [7, 11) is 0. The van der Waals surface area contributed by atoms with Crippen molar-refractivity contribution in [1.82, 2.24) is 0 Å². The Kier molecular flexibility index (Phi) is 5.07. The average Bonchev–Trinajstić information content (AvgIpc) is 3.07. The van der Waals surface area contributed by atoms with Crippen LogP contribution in [0.3, 0.4) is 0 Å². The molecule has 7 heteroatoms. The molecule has 1 aromatic heterocycles. The molecule has 1 aliphatic rings. The SMILES string of the molecule is CCOc1cccc(C2CC(=O)Nc3c2sc(C(=O)O)c3-c2cccc(F)c2)c1. The van der Waals surface area contributed by atoms with E-state index in [0.29, 0.717) is 29.2 Å². The van der Waals surface area contributed by atoms with E-state index in [1.807, 2.05) is 31.2 Å². The number of hydrogen-bond donors (Lipinski definition) is 2. The molecule has 0 spiro atoms. The van der Waals surface area contributed by atoms with Gasteiger partial charge in [0.05, 0.1) is 12.3 Å². The number of anilines is 1. The van der Waals surface area contributed by atoms with Crippen molar-refractivity contribution < 1.29 is 23.8 Å². The molecule has 148 valence electrons. The number of hydrogen-bond acceptors (Lipinski definition) is 4. The molecule has 3 aromatic rings. The average molecular weight is 411 g/mol. The zero-order chi connectivity index (χ0) is 20.5. The lowest BCUT2D eigenvalue weighted by Crippen LogP contribution is -2.22. The van der Waals surface area contributed by atoms with Crippen LogP contribution in [0, 0.1) is 5.82 Å². The van der Waals surface area contributed by atoms with E-state index in [2.05, 4.69) is 5.32 Å². The predicted molar refractivity (Wildman–Crippen MR) is 109 cm³/mol. The van der Waals surface area contributed by atoms with Crippen LogP contribution in [0.5, 0.6) is 5.75 Å². The van der Waals surface area contributed by atoms with Gasteiger partial charge in [0.1, 0.15) is 16.4 Å². The van der Waals surface area contributed by atoms with Gasteiger partial charge in [-0.1, -0.05) is 24.3 Å². The number of aromatic carboxylic acids is 1. The summed E-state index contributed by atoms with van der Waals surface area (Å²) in [5.74, 6) is -1.40. The molecule has 2 aromatic carbocycles. The van der Waals surface area contributed by atoms with Crippen LogP contribution in [-0.2, 0) is 4.79 Å². The molecule has 0 radical (unpaired) electrons. The largest absolute Gasteiger partial charge is 0.494 e. The number of rotatable bonds is 5. The fourth-order valence-corrected chi connectivity index (χ4v) is 4.86. The van der Waals surface area contributed by atoms with Crippen LogP contribution in [0.2, 0.25) is 0 Å². The van der Waals surface area contributed by atoms with Crippen molar-refractivity contribution in [3.05, 3.63) is 69.7 Å². The Balaban J connectivity index is 1.90. The Morgan fingerprint density at radius 1 is 1.28 bits per heavy atom. The number of carbonyl (C=O) groups is 2. The van der Waals surface area contributed by atoms with E-state index >= 15 is 0 Å². The second-order valence-corrected chi connectivity index (χ2v) is 7.72. The third-order valence-electron chi connectivity index (χ3n) is 4.78. The summed E-state index contributed by atoms with van der Waals surface area (Å²) in [6.45, 7) is 2.41. The normalized spacial score (nSPS) is 15.5. The van der Waals surface area contributed by atoms with Crippen LogP contribution in [0.15, 0.2) is 48.5 Å². The first-order chi connectivity index (χ1) is 14.0. The summed E-state index contributed by atoms with van der Waals surface area (Å²) < 4.78 is 19.4. The fraction of sp³-hybridized carbons (Fsp3) is 0.182. The number of halogens is 1. The molecule has 2 heterocycles. The van der Waals surface area contributed by atoms with E-state index in [0.717, 1.165) is 21.8 Å². The number of ether oxygens (including phenoxy) is 1. The van der Waals surface area contributed by atoms with E-state index in [4.69, 9.17) is 4.74 Å². The molecule has 1 aliphatic heterocycles. The summed E-state index contributed by atoms with van der Waals surface area (Å²) in [4.78, 5) is 25.3. The van der Waals surface area contributed by atoms with Crippen LogP contribution in [0.1, 0.15) is 39.4 Å². The van der Waals surface area contributed by atoms with Gasteiger partial charge in [0.25, 0.3) is 0 Å². The van der Waals surface area contributed by atoms with Gasteiger partial charge in [0.2, 0.25) is 5.91 Å². The van der Waals surface area contributed by atoms with Crippen molar-refractivity contribution in [1.29, 1.82) is 0 Å². The van der Waals surface area contributed by atoms with Gasteiger partial charge in [-0.15, -0.1) is 11.3 Å². The Morgan fingerprint density at radius 3 is 2.79 bits per heavy atom. The van der Waals surface area contributed by atoms with Crippen LogP contribution >= 0.6 is 11.3 Å². The number of thiophene rings is 1. The lowest BCUT2D eigenvalue weighted by molar-refractivity contribution is -0.116. The maximum Gasteiger partial charge on any atom is 0.346 e. The van der Waals surface area contributed by atoms with E-state index in [1.165, 1.54) is 18.2 Å². The molecule has 5 nitrogen and oxygen atoms in total. The first-order valence-corrected chi connectivity index (χ1v) is 9.98. The highest BCUT2D eigenvalue weighted by atomic mass is 32.1. The minimum atomic E-state index is -1.11. The first-order valence-electron chi connectivity index (χ1n) is 9.16. The molecule has 0 aliphatic carbocycles. The van der Waals surface area contributed by atoms with Crippen molar-refractivity contribution in [3.63, 3.8) is 0 Å². The van der Waals surface area contributed by atoms with Gasteiger partial charge in [0.15, 0.2) is 0 Å². The van der Waals surface area contributed by atoms with Crippen molar-refractivity contribution >= 4 is 28.9 Å². The van der Waals surface area contributed by atoms with Crippen molar-refractivity contribution in [2.45, 2.75) is 19.3 Å². The molecule has 1 amide bonds. The number of amides is 1. The number of fused-ring (bicyclic) bond motifs is 1. The number of benzene rings is 2. The standard InChI is InChI=1S/C22H18FNO4S/c1-2-28-15-8-4-5-12(10-15)16-11-17(25)24-19-18(13-6-3-7-14(23)9-13)21(22(26)27)29-20(16)19/h3-10,16H,2,11H2,1H3,(H,24,25)(H,26,27). The molecular formula is C22H18FNO4S. The third kappa shape index (κ3) is 3.61. The number of carbonyl (C=O) groups excluding carboxylic acids is 1. The zero-order valence-corrected chi connectivity index (χ0v) is 16.4. The van der Waals surface area contributed by atoms with E-state index < -0.39 is 11.8 Å². The van der Waals surface area contributed by atoms with Crippen molar-refractivity contribution in [2.24, 2.45) is 0 Å². The van der Waals surface area contributed by atoms with Gasteiger partial charge in [-0.05, 0) is 42.3 Å². The minimum Gasteiger partial charge on any atom is -0.494 e. The predicted octanol–water partition coefficient (Wildman–Crippen LogP) is 5.13. The molecule has 0 bridgehead atoms. The highest BCUT2D eigenvalue weighted by Gasteiger charge is 2.34. The van der Waals surface area contributed by atoms with Gasteiger partial charge in [-0.2, -0.15) is 0 Å². The van der Waals surface area contributed by atoms with Crippen molar-refractivity contribution in [2.75, 3.05) is 11.9 Å². The minimum absolute atomic E-state index is 0.0776. The number of carboxylic acids is 1. The molecule has 4 rings (SSSR count). The van der Waals surface area contributed by atoms with Crippen LogP contribution in [0.25, 0.3) is 11.1 Å². The van der Waals surface area contributed by atoms with E-state index in [1.54, 1.807) is 6.07 Å². The lowest BCUT2D eigenvalue weighted by Gasteiger charge is -2.24. The first kappa shape index (κ1) is 19.1. The second-order valence-electron chi connectivity index (χ2n) is 6.67.